The van der Waals surface area contributed by atoms with E-state index >= 15 is 0 Å². The smallest absolute Gasteiger partial charge is 0.257 e. The van der Waals surface area contributed by atoms with Crippen molar-refractivity contribution in [2.24, 2.45) is 7.05 Å². The van der Waals surface area contributed by atoms with Crippen LogP contribution in [0.3, 0.4) is 0 Å². The van der Waals surface area contributed by atoms with Crippen LogP contribution >= 0.6 is 0 Å². The lowest BCUT2D eigenvalue weighted by molar-refractivity contribution is -0.121. The average Bonchev–Trinajstić information content (AvgIpc) is 2.98. The Balaban J connectivity index is 1.89. The molecule has 0 aliphatic carbocycles. The van der Waals surface area contributed by atoms with Gasteiger partial charge < -0.3 is 10.2 Å². The summed E-state index contributed by atoms with van der Waals surface area (Å²) < 4.78 is 14.4. The van der Waals surface area contributed by atoms with E-state index in [2.05, 4.69) is 10.4 Å². The van der Waals surface area contributed by atoms with Crippen molar-refractivity contribution in [3.8, 4) is 0 Å². The highest BCUT2D eigenvalue weighted by atomic mass is 19.1. The largest absolute Gasteiger partial charge is 0.350 e. The van der Waals surface area contributed by atoms with Crippen LogP contribution in [-0.2, 0) is 18.4 Å². The Kier molecular flexibility index (Phi) is 5.46. The van der Waals surface area contributed by atoms with Crippen molar-refractivity contribution >= 4 is 11.8 Å². The second kappa shape index (κ2) is 7.53. The molecular formula is C16H19FN4O2. The minimum Gasteiger partial charge on any atom is -0.350 e. The van der Waals surface area contributed by atoms with E-state index in [0.717, 1.165) is 5.56 Å². The zero-order valence-corrected chi connectivity index (χ0v) is 13.1. The molecule has 0 fully saturated rings. The number of hydrogen-bond acceptors (Lipinski definition) is 3. The van der Waals surface area contributed by atoms with Crippen LogP contribution in [-0.4, -0.2) is 39.6 Å². The second-order valence-corrected chi connectivity index (χ2v) is 5.13. The van der Waals surface area contributed by atoms with Crippen LogP contribution in [0.25, 0.3) is 0 Å². The molecule has 0 aliphatic rings. The maximum Gasteiger partial charge on any atom is 0.257 e. The SMILES string of the molecule is CCN(CC(=O)NCc1ccc(F)cc1)C(=O)c1cnn(C)c1. The fourth-order valence-electron chi connectivity index (χ4n) is 2.07. The molecule has 6 nitrogen and oxygen atoms in total. The third kappa shape index (κ3) is 4.64. The lowest BCUT2D eigenvalue weighted by Crippen LogP contribution is -2.40. The molecule has 2 amide bonds. The van der Waals surface area contributed by atoms with Gasteiger partial charge in [0.1, 0.15) is 5.82 Å². The van der Waals surface area contributed by atoms with Gasteiger partial charge >= 0.3 is 0 Å². The van der Waals surface area contributed by atoms with Gasteiger partial charge in [-0.25, -0.2) is 4.39 Å². The topological polar surface area (TPSA) is 67.2 Å². The van der Waals surface area contributed by atoms with E-state index in [0.29, 0.717) is 12.1 Å². The Bertz CT molecular complexity index is 682. The number of halogens is 1. The summed E-state index contributed by atoms with van der Waals surface area (Å²) in [5, 5.41) is 6.67. The van der Waals surface area contributed by atoms with Crippen molar-refractivity contribution < 1.29 is 14.0 Å². The van der Waals surface area contributed by atoms with Crippen LogP contribution in [0.4, 0.5) is 4.39 Å². The molecule has 1 aromatic heterocycles. The van der Waals surface area contributed by atoms with Gasteiger partial charge in [0.2, 0.25) is 5.91 Å². The van der Waals surface area contributed by atoms with Crippen LogP contribution in [0.2, 0.25) is 0 Å². The molecule has 0 saturated carbocycles. The van der Waals surface area contributed by atoms with Gasteiger partial charge in [0.25, 0.3) is 5.91 Å². The van der Waals surface area contributed by atoms with Crippen LogP contribution in [0.1, 0.15) is 22.8 Å². The number of amides is 2. The van der Waals surface area contributed by atoms with E-state index in [4.69, 9.17) is 0 Å². The van der Waals surface area contributed by atoms with Gasteiger partial charge in [-0.1, -0.05) is 12.1 Å². The Hall–Kier alpha value is -2.70. The van der Waals surface area contributed by atoms with E-state index in [9.17, 15) is 14.0 Å². The molecule has 0 spiro atoms. The summed E-state index contributed by atoms with van der Waals surface area (Å²) in [4.78, 5) is 25.7. The first-order valence-electron chi connectivity index (χ1n) is 7.28. The number of nitrogens with one attached hydrogen (secondary N) is 1. The normalized spacial score (nSPS) is 10.4. The van der Waals surface area contributed by atoms with Crippen molar-refractivity contribution in [2.75, 3.05) is 13.1 Å². The molecule has 122 valence electrons. The number of carbonyl (C=O) groups excluding carboxylic acids is 2. The van der Waals surface area contributed by atoms with Gasteiger partial charge in [0, 0.05) is 26.3 Å². The standard InChI is InChI=1S/C16H19FN4O2/c1-3-21(16(23)13-9-19-20(2)10-13)11-15(22)18-8-12-4-6-14(17)7-5-12/h4-7,9-10H,3,8,11H2,1-2H3,(H,18,22). The van der Waals surface area contributed by atoms with Crippen molar-refractivity contribution in [3.63, 3.8) is 0 Å². The maximum absolute atomic E-state index is 12.8. The lowest BCUT2D eigenvalue weighted by atomic mass is 10.2. The Labute approximate surface area is 133 Å². The number of carbonyl (C=O) groups is 2. The Morgan fingerprint density at radius 1 is 1.30 bits per heavy atom. The molecule has 2 aromatic rings. The van der Waals surface area contributed by atoms with Gasteiger partial charge in [0.05, 0.1) is 18.3 Å². The number of hydrogen-bond donors (Lipinski definition) is 1. The molecule has 0 bridgehead atoms. The van der Waals surface area contributed by atoms with Crippen LogP contribution in [0, 0.1) is 5.82 Å². The monoisotopic (exact) mass is 318 g/mol. The predicted molar refractivity (Wildman–Crippen MR) is 83.0 cm³/mol. The molecular weight excluding hydrogens is 299 g/mol. The number of likely N-dealkylation sites (N-methyl/N-ethyl adjacent to an activating group) is 1. The lowest BCUT2D eigenvalue weighted by Gasteiger charge is -2.19. The molecule has 0 aliphatic heterocycles. The quantitative estimate of drug-likeness (QED) is 0.874. The first kappa shape index (κ1) is 16.7. The highest BCUT2D eigenvalue weighted by Crippen LogP contribution is 2.04. The summed E-state index contributed by atoms with van der Waals surface area (Å²) in [5.74, 6) is -0.828. The Morgan fingerprint density at radius 2 is 2.00 bits per heavy atom. The van der Waals surface area contributed by atoms with Crippen molar-refractivity contribution in [3.05, 3.63) is 53.6 Å². The minimum absolute atomic E-state index is 0.0363. The first-order chi connectivity index (χ1) is 11.0. The number of aromatic nitrogens is 2. The molecule has 2 rings (SSSR count). The third-order valence-corrected chi connectivity index (χ3v) is 3.36. The molecule has 0 saturated heterocycles. The summed E-state index contributed by atoms with van der Waals surface area (Å²) in [7, 11) is 1.72. The van der Waals surface area contributed by atoms with Gasteiger partial charge in [-0.05, 0) is 24.6 Å². The fourth-order valence-corrected chi connectivity index (χ4v) is 2.07. The van der Waals surface area contributed by atoms with E-state index in [1.807, 2.05) is 6.92 Å². The van der Waals surface area contributed by atoms with E-state index in [-0.39, 0.29) is 30.7 Å². The fraction of sp³-hybridized carbons (Fsp3) is 0.312. The molecule has 1 N–H and O–H groups in total. The van der Waals surface area contributed by atoms with Crippen LogP contribution < -0.4 is 5.32 Å². The van der Waals surface area contributed by atoms with Crippen molar-refractivity contribution in [1.82, 2.24) is 20.0 Å². The van der Waals surface area contributed by atoms with E-state index in [1.54, 1.807) is 25.4 Å². The van der Waals surface area contributed by atoms with Gasteiger partial charge in [0.15, 0.2) is 0 Å². The summed E-state index contributed by atoms with van der Waals surface area (Å²) in [6, 6.07) is 5.89. The minimum atomic E-state index is -0.320. The highest BCUT2D eigenvalue weighted by Gasteiger charge is 2.18. The highest BCUT2D eigenvalue weighted by molar-refractivity contribution is 5.96. The maximum atomic E-state index is 12.8. The van der Waals surface area contributed by atoms with Crippen LogP contribution in [0.5, 0.6) is 0 Å². The van der Waals surface area contributed by atoms with E-state index < -0.39 is 0 Å². The second-order valence-electron chi connectivity index (χ2n) is 5.13. The zero-order valence-electron chi connectivity index (χ0n) is 13.1. The summed E-state index contributed by atoms with van der Waals surface area (Å²) in [6.45, 7) is 2.47. The molecule has 0 atom stereocenters. The summed E-state index contributed by atoms with van der Waals surface area (Å²) >= 11 is 0. The number of benzene rings is 1. The van der Waals surface area contributed by atoms with E-state index in [1.165, 1.54) is 27.9 Å². The van der Waals surface area contributed by atoms with Crippen molar-refractivity contribution in [1.29, 1.82) is 0 Å². The molecule has 1 heterocycles. The van der Waals surface area contributed by atoms with Crippen LogP contribution in [0.15, 0.2) is 36.7 Å². The molecule has 7 heteroatoms. The summed E-state index contributed by atoms with van der Waals surface area (Å²) in [5.41, 5.74) is 1.24. The average molecular weight is 318 g/mol. The molecule has 0 radical (unpaired) electrons. The number of nitrogens with zero attached hydrogens (tertiary/aromatic N) is 3. The number of rotatable bonds is 6. The number of aryl methyl sites for hydroxylation is 1. The summed E-state index contributed by atoms with van der Waals surface area (Å²) in [6.07, 6.45) is 3.09. The van der Waals surface area contributed by atoms with Gasteiger partial charge in [-0.3, -0.25) is 14.3 Å². The Morgan fingerprint density at radius 3 is 2.57 bits per heavy atom. The molecule has 1 aromatic carbocycles. The first-order valence-corrected chi connectivity index (χ1v) is 7.28. The predicted octanol–water partition coefficient (Wildman–Crippen LogP) is 1.34. The third-order valence-electron chi connectivity index (χ3n) is 3.36. The van der Waals surface area contributed by atoms with Gasteiger partial charge in [-0.15, -0.1) is 0 Å². The zero-order chi connectivity index (χ0) is 16.8. The molecule has 0 unspecified atom stereocenters. The van der Waals surface area contributed by atoms with Gasteiger partial charge in [-0.2, -0.15) is 5.10 Å². The van der Waals surface area contributed by atoms with Crippen molar-refractivity contribution in [2.45, 2.75) is 13.5 Å². The molecule has 23 heavy (non-hydrogen) atoms.